The van der Waals surface area contributed by atoms with Crippen LogP contribution in [-0.4, -0.2) is 231 Å². The molecule has 11 atom stereocenters. The number of thioether (sulfide) groups is 1. The van der Waals surface area contributed by atoms with Crippen LogP contribution in [0.3, 0.4) is 0 Å². The molecule has 0 unspecified atom stereocenters. The molecule has 0 aliphatic carbocycles. The molecule has 0 spiro atoms. The van der Waals surface area contributed by atoms with Gasteiger partial charge in [0.1, 0.15) is 66.2 Å². The lowest BCUT2D eigenvalue weighted by atomic mass is 10.00. The zero-order valence-corrected chi connectivity index (χ0v) is 53.9. The highest BCUT2D eigenvalue weighted by molar-refractivity contribution is 7.98. The van der Waals surface area contributed by atoms with E-state index >= 15 is 0 Å². The molecule has 0 radical (unpaired) electrons. The third-order valence-corrected chi connectivity index (χ3v) is 16.4. The van der Waals surface area contributed by atoms with Gasteiger partial charge in [0, 0.05) is 32.6 Å². The summed E-state index contributed by atoms with van der Waals surface area (Å²) >= 11 is 1.51. The van der Waals surface area contributed by atoms with Crippen LogP contribution in [0.1, 0.15) is 117 Å². The largest absolute Gasteiger partial charge is 0.508 e. The number of rotatable bonds is 36. The van der Waals surface area contributed by atoms with Crippen molar-refractivity contribution in [2.75, 3.05) is 51.3 Å². The fraction of sp³-hybridized carbons (Fsp3) is 0.661. The second-order valence-corrected chi connectivity index (χ2v) is 25.1. The zero-order valence-electron chi connectivity index (χ0n) is 53.1. The van der Waals surface area contributed by atoms with Crippen molar-refractivity contribution in [2.24, 2.45) is 39.8 Å². The number of phenolic OH excluding ortho intramolecular Hbond substituents is 1. The quantitative estimate of drug-likeness (QED) is 0.0171. The number of aromatic hydroxyl groups is 1. The number of guanidine groups is 1. The highest BCUT2D eigenvalue weighted by Gasteiger charge is 2.43. The summed E-state index contributed by atoms with van der Waals surface area (Å²) in [7, 11) is 0. The number of aliphatic hydroxyl groups excluding tert-OH is 1. The van der Waals surface area contributed by atoms with Crippen molar-refractivity contribution < 1.29 is 77.6 Å². The Morgan fingerprint density at radius 3 is 1.60 bits per heavy atom. The Morgan fingerprint density at radius 2 is 1.08 bits per heavy atom. The molecule has 3 fully saturated rings. The van der Waals surface area contributed by atoms with Crippen LogP contribution in [0.2, 0.25) is 0 Å². The molecule has 0 aromatic heterocycles. The smallest absolute Gasteiger partial charge is 0.326 e. The van der Waals surface area contributed by atoms with E-state index in [9.17, 15) is 77.6 Å². The van der Waals surface area contributed by atoms with Crippen LogP contribution in [0.4, 0.5) is 0 Å². The first-order valence-electron chi connectivity index (χ1n) is 31.0. The molecule has 3 aliphatic heterocycles. The Labute approximate surface area is 538 Å². The molecule has 3 aliphatic rings. The monoisotopic (exact) mass is 1310 g/mol. The van der Waals surface area contributed by atoms with Gasteiger partial charge in [-0.15, -0.1) is 0 Å². The molecule has 32 nitrogen and oxygen atoms in total. The minimum atomic E-state index is -1.60. The SMILES string of the molecule is CSCC[C@H](N)C(=O)N[C@@H](CC(C)C)C(=O)N[C@@H](Cc1ccc(O)cc1)C(=O)N1CCC[C@H]1C(=O)N[C@@H](CO)C(=O)N1CCC[C@H]1C(=O)NCC(=O)N[C@@H](C)C(=O)N[C@@H](CC(C)C)C(=O)N[C@@H](CCCN=C(N)N)C(=O)N[C@@H](CC(N)=O)C(=O)N1CCC[C@H]1C(=O)O. The predicted octanol–water partition coefficient (Wildman–Crippen LogP) is -4.38. The summed E-state index contributed by atoms with van der Waals surface area (Å²) in [5.74, 6) is -10.9. The number of hydrogen-bond donors (Lipinski definition) is 15. The third-order valence-electron chi connectivity index (χ3n) is 15.7. The zero-order chi connectivity index (χ0) is 68.5. The summed E-state index contributed by atoms with van der Waals surface area (Å²) in [6.45, 7) is 7.09. The number of aliphatic imine (C=N–C) groups is 1. The first kappa shape index (κ1) is 76.1. The minimum Gasteiger partial charge on any atom is -0.508 e. The fourth-order valence-corrected chi connectivity index (χ4v) is 11.5. The molecule has 33 heteroatoms. The Bertz CT molecular complexity index is 2810. The summed E-state index contributed by atoms with van der Waals surface area (Å²) < 4.78 is 0. The number of nitrogens with two attached hydrogens (primary N) is 4. The maximum atomic E-state index is 14.6. The van der Waals surface area contributed by atoms with E-state index in [1.54, 1.807) is 26.0 Å². The number of benzene rings is 1. The average Bonchev–Trinajstić information content (AvgIpc) is 1.89. The van der Waals surface area contributed by atoms with Crippen LogP contribution in [-0.2, 0) is 68.7 Å². The molecule has 4 rings (SSSR count). The van der Waals surface area contributed by atoms with Gasteiger partial charge in [0.2, 0.25) is 70.9 Å². The standard InChI is InChI=1S/C59H94N16O16S/c1-31(2)25-38(51(83)67-37(11-7-20-64-59(62)63)50(82)71-41(28-46(61)78)56(88)75-23-10-14-45(75)58(90)91)68-48(80)33(5)66-47(79)29-65-53(85)43-12-8-21-73(43)57(89)42(30-76)72-54(86)44-13-9-22-74(44)55(87)40(27-34-15-17-35(77)18-16-34)70-52(84)39(26-32(3)4)69-49(81)36(60)19-24-92-6/h15-18,31-33,36-45,76-77H,7-14,19-30,60H2,1-6H3,(H2,61,78)(H,65,85)(H,66,79)(H,67,83)(H,68,80)(H,69,81)(H,70,84)(H,71,82)(H,72,86)(H,90,91)(H4,62,63,64)/t33-,36-,37-,38-,39-,40-,41-,42-,43-,44-,45-/m0/s1. The third kappa shape index (κ3) is 23.7. The van der Waals surface area contributed by atoms with Gasteiger partial charge in [0.25, 0.3) is 0 Å². The number of carboxylic acid groups (broad SMARTS) is 1. The van der Waals surface area contributed by atoms with E-state index in [2.05, 4.69) is 47.5 Å². The molecular weight excluding hydrogens is 1220 g/mol. The summed E-state index contributed by atoms with van der Waals surface area (Å²) in [5, 5.41) is 50.7. The van der Waals surface area contributed by atoms with Gasteiger partial charge < -0.3 is 95.5 Å². The number of hydrogen-bond acceptors (Lipinski definition) is 18. The molecule has 0 saturated carbocycles. The van der Waals surface area contributed by atoms with Gasteiger partial charge in [-0.05, 0) is 119 Å². The van der Waals surface area contributed by atoms with Gasteiger partial charge in [-0.25, -0.2) is 4.79 Å². The molecule has 1 aromatic rings. The maximum Gasteiger partial charge on any atom is 0.326 e. The van der Waals surface area contributed by atoms with E-state index in [1.165, 1.54) is 35.7 Å². The van der Waals surface area contributed by atoms with Crippen molar-refractivity contribution in [1.29, 1.82) is 0 Å². The Hall–Kier alpha value is -8.33. The molecule has 19 N–H and O–H groups in total. The molecule has 1 aromatic carbocycles. The van der Waals surface area contributed by atoms with Crippen molar-refractivity contribution >= 4 is 94.6 Å². The molecule has 0 bridgehead atoms. The lowest BCUT2D eigenvalue weighted by molar-refractivity contribution is -0.149. The molecule has 512 valence electrons. The molecule has 92 heavy (non-hydrogen) atoms. The Kier molecular flexibility index (Phi) is 30.8. The van der Waals surface area contributed by atoms with E-state index in [0.29, 0.717) is 37.0 Å². The number of carboxylic acids is 1. The number of likely N-dealkylation sites (tertiary alicyclic amines) is 3. The number of carbonyl (C=O) groups is 13. The normalized spacial score (nSPS) is 18.8. The first-order valence-corrected chi connectivity index (χ1v) is 32.4. The highest BCUT2D eigenvalue weighted by Crippen LogP contribution is 2.24. The molecule has 3 saturated heterocycles. The van der Waals surface area contributed by atoms with Crippen molar-refractivity contribution in [3.8, 4) is 5.75 Å². The van der Waals surface area contributed by atoms with Gasteiger partial charge >= 0.3 is 5.97 Å². The second-order valence-electron chi connectivity index (χ2n) is 24.1. The molecule has 12 amide bonds. The molecule has 3 heterocycles. The number of primary amides is 1. The Balaban J connectivity index is 1.40. The van der Waals surface area contributed by atoms with E-state index < -0.39 is 163 Å². The van der Waals surface area contributed by atoms with Crippen LogP contribution in [0.25, 0.3) is 0 Å². The second kappa shape index (κ2) is 37.2. The number of carbonyl (C=O) groups excluding carboxylic acids is 12. The number of aliphatic carboxylic acids is 1. The van der Waals surface area contributed by atoms with E-state index in [0.717, 1.165) is 9.80 Å². The molecular formula is C59H94N16O16S. The topological polar surface area (TPSA) is 505 Å². The number of aliphatic hydroxyl groups is 1. The summed E-state index contributed by atoms with van der Waals surface area (Å²) in [5.41, 5.74) is 23.0. The average molecular weight is 1320 g/mol. The maximum absolute atomic E-state index is 14.6. The van der Waals surface area contributed by atoms with Gasteiger partial charge in [-0.3, -0.25) is 62.5 Å². The predicted molar refractivity (Wildman–Crippen MR) is 337 cm³/mol. The van der Waals surface area contributed by atoms with E-state index in [1.807, 2.05) is 20.1 Å². The highest BCUT2D eigenvalue weighted by atomic mass is 32.2. The van der Waals surface area contributed by atoms with Gasteiger partial charge in [-0.1, -0.05) is 39.8 Å². The fourth-order valence-electron chi connectivity index (χ4n) is 11.0. The lowest BCUT2D eigenvalue weighted by Gasteiger charge is -2.32. The van der Waals surface area contributed by atoms with Gasteiger partial charge in [-0.2, -0.15) is 11.8 Å². The summed E-state index contributed by atoms with van der Waals surface area (Å²) in [4.78, 5) is 183. The van der Waals surface area contributed by atoms with Crippen LogP contribution >= 0.6 is 11.8 Å². The van der Waals surface area contributed by atoms with Crippen molar-refractivity contribution in [1.82, 2.24) is 57.2 Å². The van der Waals surface area contributed by atoms with Crippen molar-refractivity contribution in [3.05, 3.63) is 29.8 Å². The lowest BCUT2D eigenvalue weighted by Crippen LogP contribution is -2.60. The van der Waals surface area contributed by atoms with E-state index in [-0.39, 0.29) is 101 Å². The Morgan fingerprint density at radius 1 is 0.598 bits per heavy atom. The van der Waals surface area contributed by atoms with Crippen molar-refractivity contribution in [2.45, 2.75) is 185 Å². The van der Waals surface area contributed by atoms with Crippen LogP contribution in [0, 0.1) is 11.8 Å². The van der Waals surface area contributed by atoms with Crippen LogP contribution < -0.4 is 65.5 Å². The summed E-state index contributed by atoms with van der Waals surface area (Å²) in [6, 6.07) is -8.07. The minimum absolute atomic E-state index is 0.00960. The van der Waals surface area contributed by atoms with Gasteiger partial charge in [0.15, 0.2) is 5.96 Å². The first-order chi connectivity index (χ1) is 43.5. The number of nitrogens with zero attached hydrogens (tertiary/aromatic N) is 4. The van der Waals surface area contributed by atoms with Gasteiger partial charge in [0.05, 0.1) is 25.6 Å². The number of phenols is 1. The summed E-state index contributed by atoms with van der Waals surface area (Å²) in [6.07, 6.45) is 3.11. The van der Waals surface area contributed by atoms with Crippen LogP contribution in [0.15, 0.2) is 29.3 Å². The number of nitrogens with one attached hydrogen (secondary N) is 8. The number of amides is 12. The van der Waals surface area contributed by atoms with Crippen LogP contribution in [0.5, 0.6) is 5.75 Å². The van der Waals surface area contributed by atoms with Crippen molar-refractivity contribution in [3.63, 3.8) is 0 Å². The van der Waals surface area contributed by atoms with E-state index in [4.69, 9.17) is 22.9 Å².